The summed E-state index contributed by atoms with van der Waals surface area (Å²) in [4.78, 5) is 0. The predicted octanol–water partition coefficient (Wildman–Crippen LogP) is 4.18. The Kier molecular flexibility index (Phi) is 4.51. The molecule has 21 heavy (non-hydrogen) atoms. The minimum absolute atomic E-state index is 0.0926. The zero-order valence-corrected chi connectivity index (χ0v) is 13.1. The second-order valence-corrected chi connectivity index (χ2v) is 6.11. The molecule has 0 amide bonds. The van der Waals surface area contributed by atoms with Gasteiger partial charge in [-0.3, -0.25) is 0 Å². The minimum atomic E-state index is -0.151. The smallest absolute Gasteiger partial charge is 0.0981 e. The van der Waals surface area contributed by atoms with Crippen molar-refractivity contribution in [2.75, 3.05) is 6.61 Å². The molecule has 2 unspecified atom stereocenters. The van der Waals surface area contributed by atoms with Crippen molar-refractivity contribution in [1.29, 1.82) is 0 Å². The molecule has 0 saturated carbocycles. The largest absolute Gasteiger partial charge is 0.372 e. The van der Waals surface area contributed by atoms with Crippen molar-refractivity contribution in [3.63, 3.8) is 0 Å². The van der Waals surface area contributed by atoms with Crippen LogP contribution in [0, 0.1) is 0 Å². The molecule has 1 aliphatic heterocycles. The van der Waals surface area contributed by atoms with E-state index >= 15 is 0 Å². The number of benzene rings is 2. The van der Waals surface area contributed by atoms with Crippen LogP contribution in [0.25, 0.3) is 0 Å². The third-order valence-electron chi connectivity index (χ3n) is 3.91. The van der Waals surface area contributed by atoms with Crippen LogP contribution < -0.4 is 5.73 Å². The Morgan fingerprint density at radius 1 is 1.14 bits per heavy atom. The van der Waals surface area contributed by atoms with Gasteiger partial charge in [0.2, 0.25) is 0 Å². The number of nitrogens with two attached hydrogens (primary N) is 1. The zero-order valence-electron chi connectivity index (χ0n) is 11.6. The average Bonchev–Trinajstić information content (AvgIpc) is 2.51. The predicted molar refractivity (Wildman–Crippen MR) is 87.0 cm³/mol. The molecule has 0 saturated heterocycles. The summed E-state index contributed by atoms with van der Waals surface area (Å²) >= 11 is 12.3. The van der Waals surface area contributed by atoms with Gasteiger partial charge >= 0.3 is 0 Å². The summed E-state index contributed by atoms with van der Waals surface area (Å²) < 4.78 is 5.91. The van der Waals surface area contributed by atoms with Gasteiger partial charge in [0, 0.05) is 6.04 Å². The van der Waals surface area contributed by atoms with Gasteiger partial charge in [0.1, 0.15) is 0 Å². The monoisotopic (exact) mass is 321 g/mol. The van der Waals surface area contributed by atoms with Crippen molar-refractivity contribution >= 4 is 23.2 Å². The van der Waals surface area contributed by atoms with Crippen LogP contribution >= 0.6 is 23.2 Å². The van der Waals surface area contributed by atoms with Crippen molar-refractivity contribution < 1.29 is 4.74 Å². The quantitative estimate of drug-likeness (QED) is 0.920. The van der Waals surface area contributed by atoms with Gasteiger partial charge in [-0.15, -0.1) is 0 Å². The summed E-state index contributed by atoms with van der Waals surface area (Å²) in [6.07, 6.45) is 1.49. The molecule has 2 aromatic rings. The molecule has 0 aliphatic carbocycles. The fourth-order valence-corrected chi connectivity index (χ4v) is 3.24. The van der Waals surface area contributed by atoms with Crippen molar-refractivity contribution in [1.82, 2.24) is 0 Å². The lowest BCUT2D eigenvalue weighted by atomic mass is 9.91. The van der Waals surface area contributed by atoms with E-state index in [-0.39, 0.29) is 12.1 Å². The lowest BCUT2D eigenvalue weighted by Gasteiger charge is -2.30. The molecule has 110 valence electrons. The van der Waals surface area contributed by atoms with Gasteiger partial charge in [0.25, 0.3) is 0 Å². The molecule has 4 heteroatoms. The Morgan fingerprint density at radius 3 is 2.81 bits per heavy atom. The van der Waals surface area contributed by atoms with Gasteiger partial charge in [-0.25, -0.2) is 0 Å². The molecule has 0 fully saturated rings. The van der Waals surface area contributed by atoms with Gasteiger partial charge in [-0.1, -0.05) is 59.6 Å². The van der Waals surface area contributed by atoms with Crippen LogP contribution in [0.3, 0.4) is 0 Å². The molecule has 0 radical (unpaired) electrons. The Labute approximate surface area is 134 Å². The van der Waals surface area contributed by atoms with E-state index in [1.165, 1.54) is 11.1 Å². The van der Waals surface area contributed by atoms with Crippen molar-refractivity contribution in [3.05, 3.63) is 69.2 Å². The van der Waals surface area contributed by atoms with Crippen LogP contribution in [0.2, 0.25) is 10.0 Å². The number of rotatable bonds is 3. The molecular weight excluding hydrogens is 305 g/mol. The molecule has 2 aromatic carbocycles. The molecule has 0 aromatic heterocycles. The van der Waals surface area contributed by atoms with Crippen LogP contribution in [-0.2, 0) is 17.6 Å². The maximum absolute atomic E-state index is 6.39. The molecule has 0 spiro atoms. The highest BCUT2D eigenvalue weighted by Crippen LogP contribution is 2.32. The van der Waals surface area contributed by atoms with Crippen LogP contribution in [0.5, 0.6) is 0 Å². The first-order valence-electron chi connectivity index (χ1n) is 7.04. The molecule has 0 bridgehead atoms. The molecule has 2 nitrogen and oxygen atoms in total. The maximum atomic E-state index is 6.39. The number of hydrogen-bond acceptors (Lipinski definition) is 2. The molecule has 2 atom stereocenters. The van der Waals surface area contributed by atoms with E-state index in [1.807, 2.05) is 18.2 Å². The van der Waals surface area contributed by atoms with Gasteiger partial charge in [-0.05, 0) is 35.6 Å². The van der Waals surface area contributed by atoms with Crippen molar-refractivity contribution in [2.45, 2.75) is 25.0 Å². The second-order valence-electron chi connectivity index (χ2n) is 5.32. The molecule has 2 N–H and O–H groups in total. The summed E-state index contributed by atoms with van der Waals surface area (Å²) in [5, 5.41) is 1.14. The molecule has 3 rings (SSSR count). The van der Waals surface area contributed by atoms with Crippen LogP contribution in [0.4, 0.5) is 0 Å². The standard InChI is InChI=1S/C17H17Cl2NO/c18-14-7-3-5-12(16(14)19)10-15(20)17-13-6-2-1-4-11(13)8-9-21-17/h1-7,15,17H,8-10,20H2. The van der Waals surface area contributed by atoms with E-state index in [4.69, 9.17) is 33.7 Å². The Hall–Kier alpha value is -1.06. The first-order chi connectivity index (χ1) is 10.2. The highest BCUT2D eigenvalue weighted by atomic mass is 35.5. The van der Waals surface area contributed by atoms with Crippen molar-refractivity contribution in [3.8, 4) is 0 Å². The topological polar surface area (TPSA) is 35.2 Å². The molecule has 1 aliphatic rings. The highest BCUT2D eigenvalue weighted by Gasteiger charge is 2.27. The first-order valence-corrected chi connectivity index (χ1v) is 7.80. The Morgan fingerprint density at radius 2 is 1.95 bits per heavy atom. The normalized spacial score (nSPS) is 19.1. The maximum Gasteiger partial charge on any atom is 0.0981 e. The minimum Gasteiger partial charge on any atom is -0.372 e. The third-order valence-corrected chi connectivity index (χ3v) is 4.76. The Balaban J connectivity index is 1.83. The summed E-state index contributed by atoms with van der Waals surface area (Å²) in [6, 6.07) is 13.8. The first kappa shape index (κ1) is 14.9. The van der Waals surface area contributed by atoms with E-state index in [9.17, 15) is 0 Å². The molecule has 1 heterocycles. The van der Waals surface area contributed by atoms with Crippen LogP contribution in [0.15, 0.2) is 42.5 Å². The van der Waals surface area contributed by atoms with Crippen LogP contribution in [-0.4, -0.2) is 12.6 Å². The number of hydrogen-bond donors (Lipinski definition) is 1. The van der Waals surface area contributed by atoms with Gasteiger partial charge < -0.3 is 10.5 Å². The SMILES string of the molecule is NC(Cc1cccc(Cl)c1Cl)C1OCCc2ccccc21. The summed E-state index contributed by atoms with van der Waals surface area (Å²) in [5.41, 5.74) is 9.86. The fraction of sp³-hybridized carbons (Fsp3) is 0.294. The van der Waals surface area contributed by atoms with E-state index in [2.05, 4.69) is 18.2 Å². The van der Waals surface area contributed by atoms with Gasteiger partial charge in [-0.2, -0.15) is 0 Å². The van der Waals surface area contributed by atoms with Gasteiger partial charge in [0.15, 0.2) is 0 Å². The summed E-state index contributed by atoms with van der Waals surface area (Å²) in [5.74, 6) is 0. The number of halogens is 2. The van der Waals surface area contributed by atoms with E-state index in [0.29, 0.717) is 23.1 Å². The zero-order chi connectivity index (χ0) is 14.8. The Bertz CT molecular complexity index is 644. The van der Waals surface area contributed by atoms with E-state index in [1.54, 1.807) is 6.07 Å². The fourth-order valence-electron chi connectivity index (χ4n) is 2.85. The second kappa shape index (κ2) is 6.37. The summed E-state index contributed by atoms with van der Waals surface area (Å²) in [7, 11) is 0. The van der Waals surface area contributed by atoms with Crippen molar-refractivity contribution in [2.24, 2.45) is 5.73 Å². The number of ether oxygens (including phenoxy) is 1. The lowest BCUT2D eigenvalue weighted by molar-refractivity contribution is 0.0246. The average molecular weight is 322 g/mol. The molecular formula is C17H17Cl2NO. The van der Waals surface area contributed by atoms with Gasteiger partial charge in [0.05, 0.1) is 22.8 Å². The highest BCUT2D eigenvalue weighted by molar-refractivity contribution is 6.42. The lowest BCUT2D eigenvalue weighted by Crippen LogP contribution is -2.35. The summed E-state index contributed by atoms with van der Waals surface area (Å²) in [6.45, 7) is 0.707. The van der Waals surface area contributed by atoms with Crippen LogP contribution in [0.1, 0.15) is 22.8 Å². The third kappa shape index (κ3) is 3.09. The van der Waals surface area contributed by atoms with E-state index < -0.39 is 0 Å². The van der Waals surface area contributed by atoms with E-state index in [0.717, 1.165) is 12.0 Å². The number of fused-ring (bicyclic) bond motifs is 1.